The number of hydrogen-bond donors (Lipinski definition) is 1. The molecule has 112 valence electrons. The minimum absolute atomic E-state index is 0.0527. The van der Waals surface area contributed by atoms with Gasteiger partial charge in [0.25, 0.3) is 0 Å². The van der Waals surface area contributed by atoms with Crippen LogP contribution in [-0.4, -0.2) is 13.1 Å². The van der Waals surface area contributed by atoms with Gasteiger partial charge in [-0.1, -0.05) is 23.7 Å². The van der Waals surface area contributed by atoms with E-state index in [9.17, 15) is 18.0 Å². The predicted octanol–water partition coefficient (Wildman–Crippen LogP) is 3.56. The maximum absolute atomic E-state index is 12.8. The SMILES string of the molecule is COC(=O)C(C)(C)[C@@H](N)c1cccc(C(F)(F)F)c1Cl. The zero-order valence-corrected chi connectivity index (χ0v) is 12.0. The number of hydrogen-bond acceptors (Lipinski definition) is 3. The highest BCUT2D eigenvalue weighted by Gasteiger charge is 2.40. The van der Waals surface area contributed by atoms with E-state index in [2.05, 4.69) is 4.74 Å². The fourth-order valence-electron chi connectivity index (χ4n) is 1.79. The van der Waals surface area contributed by atoms with Crippen molar-refractivity contribution in [2.45, 2.75) is 26.1 Å². The van der Waals surface area contributed by atoms with E-state index in [0.717, 1.165) is 6.07 Å². The molecule has 0 unspecified atom stereocenters. The average Bonchev–Trinajstić information content (AvgIpc) is 2.35. The lowest BCUT2D eigenvalue weighted by Crippen LogP contribution is -2.37. The van der Waals surface area contributed by atoms with E-state index in [4.69, 9.17) is 17.3 Å². The van der Waals surface area contributed by atoms with Crippen LogP contribution in [0.1, 0.15) is 31.0 Å². The Hall–Kier alpha value is -1.27. The normalized spacial score (nSPS) is 14.0. The summed E-state index contributed by atoms with van der Waals surface area (Å²) in [5.41, 5.74) is 3.78. The van der Waals surface area contributed by atoms with E-state index in [-0.39, 0.29) is 5.56 Å². The highest BCUT2D eigenvalue weighted by Crippen LogP contribution is 2.41. The van der Waals surface area contributed by atoms with Crippen molar-refractivity contribution >= 4 is 17.6 Å². The highest BCUT2D eigenvalue weighted by molar-refractivity contribution is 6.32. The molecule has 20 heavy (non-hydrogen) atoms. The van der Waals surface area contributed by atoms with Gasteiger partial charge in [-0.05, 0) is 25.5 Å². The van der Waals surface area contributed by atoms with Crippen LogP contribution in [-0.2, 0) is 15.7 Å². The number of rotatable bonds is 3. The average molecular weight is 310 g/mol. The van der Waals surface area contributed by atoms with Crippen molar-refractivity contribution in [3.63, 3.8) is 0 Å². The Balaban J connectivity index is 3.31. The Labute approximate surface area is 119 Å². The molecule has 0 spiro atoms. The summed E-state index contributed by atoms with van der Waals surface area (Å²) in [6, 6.07) is 2.41. The molecule has 0 heterocycles. The van der Waals surface area contributed by atoms with E-state index in [1.165, 1.54) is 33.1 Å². The maximum atomic E-state index is 12.8. The molecule has 0 saturated carbocycles. The van der Waals surface area contributed by atoms with Gasteiger partial charge in [0.2, 0.25) is 0 Å². The number of halogens is 4. The lowest BCUT2D eigenvalue weighted by molar-refractivity contribution is -0.152. The van der Waals surface area contributed by atoms with Crippen molar-refractivity contribution < 1.29 is 22.7 Å². The summed E-state index contributed by atoms with van der Waals surface area (Å²) in [4.78, 5) is 11.7. The third-order valence-corrected chi connectivity index (χ3v) is 3.58. The van der Waals surface area contributed by atoms with Gasteiger partial charge < -0.3 is 10.5 Å². The monoisotopic (exact) mass is 309 g/mol. The number of carbonyl (C=O) groups is 1. The molecule has 0 fully saturated rings. The van der Waals surface area contributed by atoms with Crippen molar-refractivity contribution in [2.24, 2.45) is 11.1 Å². The summed E-state index contributed by atoms with van der Waals surface area (Å²) in [6.07, 6.45) is -4.58. The van der Waals surface area contributed by atoms with Crippen molar-refractivity contribution in [1.82, 2.24) is 0 Å². The zero-order valence-electron chi connectivity index (χ0n) is 11.2. The van der Waals surface area contributed by atoms with Crippen LogP contribution >= 0.6 is 11.6 Å². The van der Waals surface area contributed by atoms with Gasteiger partial charge in [-0.15, -0.1) is 0 Å². The number of carbonyl (C=O) groups excluding carboxylic acids is 1. The third-order valence-electron chi connectivity index (χ3n) is 3.16. The van der Waals surface area contributed by atoms with Gasteiger partial charge in [0, 0.05) is 6.04 Å². The van der Waals surface area contributed by atoms with Crippen LogP contribution in [0.4, 0.5) is 13.2 Å². The minimum atomic E-state index is -4.58. The number of esters is 1. The van der Waals surface area contributed by atoms with Gasteiger partial charge in [0.05, 0.1) is 23.1 Å². The number of nitrogens with two attached hydrogens (primary N) is 1. The molecule has 0 radical (unpaired) electrons. The molecule has 0 aliphatic heterocycles. The van der Waals surface area contributed by atoms with Gasteiger partial charge in [-0.2, -0.15) is 13.2 Å². The van der Waals surface area contributed by atoms with E-state index in [1.807, 2.05) is 0 Å². The maximum Gasteiger partial charge on any atom is 0.417 e. The van der Waals surface area contributed by atoms with Gasteiger partial charge >= 0.3 is 12.1 Å². The number of ether oxygens (including phenoxy) is 1. The van der Waals surface area contributed by atoms with Gasteiger partial charge in [-0.25, -0.2) is 0 Å². The fraction of sp³-hybridized carbons (Fsp3) is 0.462. The first-order valence-electron chi connectivity index (χ1n) is 5.73. The van der Waals surface area contributed by atoms with Crippen molar-refractivity contribution in [1.29, 1.82) is 0 Å². The number of methoxy groups -OCH3 is 1. The molecule has 1 aromatic carbocycles. The summed E-state index contributed by atoms with van der Waals surface area (Å²) in [5, 5.41) is -0.496. The van der Waals surface area contributed by atoms with Crippen LogP contribution in [0.25, 0.3) is 0 Å². The Morgan fingerprint density at radius 1 is 1.35 bits per heavy atom. The second-order valence-corrected chi connectivity index (χ2v) is 5.28. The molecule has 7 heteroatoms. The second kappa shape index (κ2) is 5.61. The zero-order chi connectivity index (χ0) is 15.7. The Kier molecular flexibility index (Phi) is 4.71. The quantitative estimate of drug-likeness (QED) is 0.869. The smallest absolute Gasteiger partial charge is 0.417 e. The molecule has 2 N–H and O–H groups in total. The highest BCUT2D eigenvalue weighted by atomic mass is 35.5. The van der Waals surface area contributed by atoms with Crippen LogP contribution in [0, 0.1) is 5.41 Å². The molecule has 0 saturated heterocycles. The molecule has 0 aliphatic rings. The van der Waals surface area contributed by atoms with E-state index in [1.54, 1.807) is 0 Å². The van der Waals surface area contributed by atoms with Gasteiger partial charge in [-0.3, -0.25) is 4.79 Å². The van der Waals surface area contributed by atoms with Crippen molar-refractivity contribution in [3.05, 3.63) is 34.3 Å². The topological polar surface area (TPSA) is 52.3 Å². The largest absolute Gasteiger partial charge is 0.469 e. The summed E-state index contributed by atoms with van der Waals surface area (Å²) in [5.74, 6) is -0.626. The van der Waals surface area contributed by atoms with Crippen LogP contribution in [0.2, 0.25) is 5.02 Å². The van der Waals surface area contributed by atoms with E-state index >= 15 is 0 Å². The third kappa shape index (κ3) is 3.07. The van der Waals surface area contributed by atoms with Crippen LogP contribution in [0.5, 0.6) is 0 Å². The molecular formula is C13H15ClF3NO2. The second-order valence-electron chi connectivity index (χ2n) is 4.90. The van der Waals surface area contributed by atoms with Crippen LogP contribution in [0.15, 0.2) is 18.2 Å². The molecule has 0 aliphatic carbocycles. The number of benzene rings is 1. The molecule has 1 rings (SSSR count). The standard InChI is InChI=1S/C13H15ClF3NO2/c1-12(2,11(19)20-3)10(18)7-5-4-6-8(9(7)14)13(15,16)17/h4-6,10H,18H2,1-3H3/t10-/m0/s1. The molecule has 1 atom stereocenters. The first-order chi connectivity index (χ1) is 9.03. The fourth-order valence-corrected chi connectivity index (χ4v) is 2.14. The predicted molar refractivity (Wildman–Crippen MR) is 69.2 cm³/mol. The van der Waals surface area contributed by atoms with Crippen molar-refractivity contribution in [2.75, 3.05) is 7.11 Å². The van der Waals surface area contributed by atoms with Gasteiger partial charge in [0.1, 0.15) is 0 Å². The first-order valence-corrected chi connectivity index (χ1v) is 6.11. The molecule has 0 bridgehead atoms. The van der Waals surface area contributed by atoms with E-state index < -0.39 is 34.2 Å². The van der Waals surface area contributed by atoms with Crippen molar-refractivity contribution in [3.8, 4) is 0 Å². The Morgan fingerprint density at radius 2 is 1.90 bits per heavy atom. The molecule has 3 nitrogen and oxygen atoms in total. The Morgan fingerprint density at radius 3 is 2.35 bits per heavy atom. The first kappa shape index (κ1) is 16.8. The van der Waals surface area contributed by atoms with E-state index in [0.29, 0.717) is 0 Å². The molecule has 0 aromatic heterocycles. The minimum Gasteiger partial charge on any atom is -0.469 e. The molecule has 0 amide bonds. The summed E-state index contributed by atoms with van der Waals surface area (Å²) in [6.45, 7) is 2.97. The summed E-state index contributed by atoms with van der Waals surface area (Å²) >= 11 is 5.79. The van der Waals surface area contributed by atoms with Gasteiger partial charge in [0.15, 0.2) is 0 Å². The molecule has 1 aromatic rings. The molecular weight excluding hydrogens is 295 g/mol. The van der Waals surface area contributed by atoms with Crippen LogP contribution < -0.4 is 5.73 Å². The van der Waals surface area contributed by atoms with Crippen LogP contribution in [0.3, 0.4) is 0 Å². The number of alkyl halides is 3. The lowest BCUT2D eigenvalue weighted by atomic mass is 9.80. The summed E-state index contributed by atoms with van der Waals surface area (Å²) in [7, 11) is 1.19. The Bertz CT molecular complexity index is 515. The lowest BCUT2D eigenvalue weighted by Gasteiger charge is -2.30. The summed E-state index contributed by atoms with van der Waals surface area (Å²) < 4.78 is 43.0.